The van der Waals surface area contributed by atoms with Crippen molar-refractivity contribution in [2.45, 2.75) is 18.9 Å². The molecule has 1 aliphatic rings. The second-order valence-corrected chi connectivity index (χ2v) is 4.52. The lowest BCUT2D eigenvalue weighted by molar-refractivity contribution is 0.0580. The monoisotopic (exact) mass is 279 g/mol. The van der Waals surface area contributed by atoms with Crippen molar-refractivity contribution in [3.8, 4) is 0 Å². The van der Waals surface area contributed by atoms with Crippen LogP contribution in [0.2, 0.25) is 5.02 Å². The zero-order valence-electron chi connectivity index (χ0n) is 9.36. The minimum atomic E-state index is -0.336. The van der Waals surface area contributed by atoms with Crippen molar-refractivity contribution in [2.75, 3.05) is 13.2 Å². The average Bonchev–Trinajstić information content (AvgIpc) is 2.30. The molecule has 1 aromatic rings. The molecule has 17 heavy (non-hydrogen) atoms. The summed E-state index contributed by atoms with van der Waals surface area (Å²) in [5.41, 5.74) is 6.53. The van der Waals surface area contributed by atoms with Gasteiger partial charge in [-0.05, 0) is 30.9 Å². The molecular formula is C12H16Cl2FNO. The maximum atomic E-state index is 13.7. The summed E-state index contributed by atoms with van der Waals surface area (Å²) >= 11 is 5.99. The largest absolute Gasteiger partial charge is 0.381 e. The van der Waals surface area contributed by atoms with Crippen molar-refractivity contribution in [3.05, 3.63) is 34.6 Å². The highest BCUT2D eigenvalue weighted by Gasteiger charge is 2.25. The molecule has 0 bridgehead atoms. The molecule has 0 aliphatic carbocycles. The van der Waals surface area contributed by atoms with Crippen LogP contribution in [0.25, 0.3) is 0 Å². The first kappa shape index (κ1) is 14.7. The van der Waals surface area contributed by atoms with E-state index in [2.05, 4.69) is 0 Å². The Morgan fingerprint density at radius 2 is 2.00 bits per heavy atom. The van der Waals surface area contributed by atoms with Gasteiger partial charge in [-0.15, -0.1) is 12.4 Å². The van der Waals surface area contributed by atoms with Gasteiger partial charge in [-0.1, -0.05) is 17.7 Å². The highest BCUT2D eigenvalue weighted by atomic mass is 35.5. The van der Waals surface area contributed by atoms with Crippen molar-refractivity contribution in [1.82, 2.24) is 0 Å². The molecule has 2 rings (SSSR count). The third-order valence-electron chi connectivity index (χ3n) is 3.11. The van der Waals surface area contributed by atoms with E-state index in [0.29, 0.717) is 23.8 Å². The molecule has 2 N–H and O–H groups in total. The number of ether oxygens (including phenoxy) is 1. The van der Waals surface area contributed by atoms with Crippen LogP contribution in [0, 0.1) is 11.7 Å². The lowest BCUT2D eigenvalue weighted by atomic mass is 9.87. The van der Waals surface area contributed by atoms with E-state index in [1.165, 1.54) is 6.07 Å². The fraction of sp³-hybridized carbons (Fsp3) is 0.500. The van der Waals surface area contributed by atoms with Crippen molar-refractivity contribution in [3.63, 3.8) is 0 Å². The van der Waals surface area contributed by atoms with Crippen LogP contribution in [0.5, 0.6) is 0 Å². The molecule has 1 heterocycles. The van der Waals surface area contributed by atoms with Crippen LogP contribution in [0.3, 0.4) is 0 Å². The molecule has 1 fully saturated rings. The Kier molecular flexibility index (Phi) is 5.67. The van der Waals surface area contributed by atoms with Gasteiger partial charge in [-0.2, -0.15) is 0 Å². The van der Waals surface area contributed by atoms with E-state index in [1.54, 1.807) is 12.1 Å². The van der Waals surface area contributed by atoms with E-state index in [9.17, 15) is 4.39 Å². The lowest BCUT2D eigenvalue weighted by Gasteiger charge is -2.28. The van der Waals surface area contributed by atoms with Crippen molar-refractivity contribution >= 4 is 24.0 Å². The number of hydrogen-bond donors (Lipinski definition) is 1. The molecule has 1 aliphatic heterocycles. The van der Waals surface area contributed by atoms with Gasteiger partial charge >= 0.3 is 0 Å². The fourth-order valence-electron chi connectivity index (χ4n) is 2.14. The quantitative estimate of drug-likeness (QED) is 0.901. The van der Waals surface area contributed by atoms with Gasteiger partial charge in [0.05, 0.1) is 0 Å². The van der Waals surface area contributed by atoms with Crippen LogP contribution in [-0.4, -0.2) is 13.2 Å². The smallest absolute Gasteiger partial charge is 0.129 e. The van der Waals surface area contributed by atoms with Gasteiger partial charge in [0.2, 0.25) is 0 Å². The van der Waals surface area contributed by atoms with Gasteiger partial charge < -0.3 is 10.5 Å². The number of nitrogens with two attached hydrogens (primary N) is 1. The second kappa shape index (κ2) is 6.55. The van der Waals surface area contributed by atoms with Crippen molar-refractivity contribution in [1.29, 1.82) is 0 Å². The third kappa shape index (κ3) is 3.32. The van der Waals surface area contributed by atoms with Crippen LogP contribution in [0.1, 0.15) is 24.4 Å². The summed E-state index contributed by atoms with van der Waals surface area (Å²) in [7, 11) is 0. The molecule has 1 aromatic carbocycles. The number of halogens is 3. The Balaban J connectivity index is 0.00000144. The maximum absolute atomic E-state index is 13.7. The summed E-state index contributed by atoms with van der Waals surface area (Å²) in [5, 5.41) is 0.416. The van der Waals surface area contributed by atoms with E-state index in [1.807, 2.05) is 0 Å². The number of hydrogen-bond acceptors (Lipinski definition) is 2. The molecule has 0 saturated carbocycles. The maximum Gasteiger partial charge on any atom is 0.129 e. The van der Waals surface area contributed by atoms with Gasteiger partial charge in [-0.25, -0.2) is 4.39 Å². The molecule has 0 unspecified atom stereocenters. The average molecular weight is 280 g/mol. The van der Waals surface area contributed by atoms with Gasteiger partial charge in [0.15, 0.2) is 0 Å². The summed E-state index contributed by atoms with van der Waals surface area (Å²) < 4.78 is 18.9. The minimum absolute atomic E-state index is 0. The van der Waals surface area contributed by atoms with E-state index >= 15 is 0 Å². The molecule has 1 saturated heterocycles. The molecule has 0 spiro atoms. The van der Waals surface area contributed by atoms with E-state index in [4.69, 9.17) is 22.1 Å². The van der Waals surface area contributed by atoms with Gasteiger partial charge in [-0.3, -0.25) is 0 Å². The Labute approximate surface area is 112 Å². The van der Waals surface area contributed by atoms with E-state index in [-0.39, 0.29) is 30.2 Å². The Morgan fingerprint density at radius 1 is 1.35 bits per heavy atom. The topological polar surface area (TPSA) is 35.2 Å². The van der Waals surface area contributed by atoms with Crippen LogP contribution < -0.4 is 5.73 Å². The Bertz CT molecular complexity index is 349. The first-order valence-electron chi connectivity index (χ1n) is 5.47. The molecule has 1 atom stereocenters. The fourth-order valence-corrected chi connectivity index (χ4v) is 2.43. The summed E-state index contributed by atoms with van der Waals surface area (Å²) in [4.78, 5) is 0. The molecule has 0 radical (unpaired) electrons. The minimum Gasteiger partial charge on any atom is -0.381 e. The predicted molar refractivity (Wildman–Crippen MR) is 69.1 cm³/mol. The zero-order valence-corrected chi connectivity index (χ0v) is 10.9. The molecule has 0 amide bonds. The number of rotatable bonds is 2. The van der Waals surface area contributed by atoms with Crippen LogP contribution >= 0.6 is 24.0 Å². The van der Waals surface area contributed by atoms with Gasteiger partial charge in [0, 0.05) is 29.8 Å². The molecule has 0 aromatic heterocycles. The standard InChI is InChI=1S/C12H15ClFNO.ClH/c13-9-2-1-3-10(14)11(9)12(15)8-4-6-16-7-5-8;/h1-3,8,12H,4-7,15H2;1H/t12-;/m0./s1. The second-order valence-electron chi connectivity index (χ2n) is 4.11. The van der Waals surface area contributed by atoms with Crippen LogP contribution in [0.4, 0.5) is 4.39 Å². The predicted octanol–water partition coefficient (Wildman–Crippen LogP) is 3.33. The SMILES string of the molecule is Cl.N[C@H](c1c(F)cccc1Cl)C1CCOCC1. The summed E-state index contributed by atoms with van der Waals surface area (Å²) in [6, 6.07) is 4.34. The van der Waals surface area contributed by atoms with Crippen LogP contribution in [-0.2, 0) is 4.74 Å². The van der Waals surface area contributed by atoms with Crippen LogP contribution in [0.15, 0.2) is 18.2 Å². The molecule has 96 valence electrons. The van der Waals surface area contributed by atoms with Gasteiger partial charge in [0.1, 0.15) is 5.82 Å². The summed E-state index contributed by atoms with van der Waals surface area (Å²) in [6.45, 7) is 1.40. The summed E-state index contributed by atoms with van der Waals surface area (Å²) in [5.74, 6) is -0.0605. The first-order chi connectivity index (χ1) is 7.70. The molecule has 5 heteroatoms. The normalized spacial score (nSPS) is 18.5. The zero-order chi connectivity index (χ0) is 11.5. The molecule has 2 nitrogen and oxygen atoms in total. The van der Waals surface area contributed by atoms with Gasteiger partial charge in [0.25, 0.3) is 0 Å². The first-order valence-corrected chi connectivity index (χ1v) is 5.85. The van der Waals surface area contributed by atoms with E-state index in [0.717, 1.165) is 12.8 Å². The highest BCUT2D eigenvalue weighted by Crippen LogP contribution is 2.33. The Morgan fingerprint density at radius 3 is 2.59 bits per heavy atom. The number of benzene rings is 1. The third-order valence-corrected chi connectivity index (χ3v) is 3.44. The summed E-state index contributed by atoms with van der Waals surface area (Å²) in [6.07, 6.45) is 1.73. The van der Waals surface area contributed by atoms with Crippen molar-refractivity contribution < 1.29 is 9.13 Å². The lowest BCUT2D eigenvalue weighted by Crippen LogP contribution is -2.28. The highest BCUT2D eigenvalue weighted by molar-refractivity contribution is 6.31. The Hall–Kier alpha value is -0.350. The van der Waals surface area contributed by atoms with Crippen molar-refractivity contribution in [2.24, 2.45) is 11.7 Å². The molecular weight excluding hydrogens is 264 g/mol. The van der Waals surface area contributed by atoms with E-state index < -0.39 is 0 Å².